The van der Waals surface area contributed by atoms with Crippen LogP contribution >= 0.6 is 12.2 Å². The standard InChI is InChI=1S/C8H6NO2S/c10-9(11)8-4-2-1-3-7(8)5-6-12/h1-4H,5H2. The maximum absolute atomic E-state index is 10.4. The summed E-state index contributed by atoms with van der Waals surface area (Å²) in [4.78, 5) is 10.0. The van der Waals surface area contributed by atoms with Crippen molar-refractivity contribution in [1.82, 2.24) is 0 Å². The van der Waals surface area contributed by atoms with Crippen LogP contribution in [0.3, 0.4) is 0 Å². The number of benzene rings is 1. The molecule has 0 atom stereocenters. The highest BCUT2D eigenvalue weighted by atomic mass is 32.1. The third kappa shape index (κ3) is 1.85. The van der Waals surface area contributed by atoms with E-state index in [1.54, 1.807) is 18.2 Å². The lowest BCUT2D eigenvalue weighted by Gasteiger charge is -1.96. The predicted octanol–water partition coefficient (Wildman–Crippen LogP) is 2.01. The molecule has 0 amide bonds. The van der Waals surface area contributed by atoms with Crippen molar-refractivity contribution in [2.45, 2.75) is 6.42 Å². The molecule has 0 unspecified atom stereocenters. The van der Waals surface area contributed by atoms with Crippen LogP contribution in [0.5, 0.6) is 0 Å². The minimum Gasteiger partial charge on any atom is -0.258 e. The van der Waals surface area contributed by atoms with Gasteiger partial charge in [0.25, 0.3) is 5.69 Å². The van der Waals surface area contributed by atoms with E-state index < -0.39 is 4.92 Å². The van der Waals surface area contributed by atoms with Gasteiger partial charge in [0.05, 0.1) is 4.92 Å². The molecular formula is C8H6NO2S. The molecule has 0 saturated carbocycles. The van der Waals surface area contributed by atoms with E-state index in [0.717, 1.165) is 0 Å². The maximum Gasteiger partial charge on any atom is 0.272 e. The molecule has 1 aromatic rings. The Labute approximate surface area is 75.2 Å². The van der Waals surface area contributed by atoms with Crippen LogP contribution in [0.2, 0.25) is 0 Å². The van der Waals surface area contributed by atoms with Crippen LogP contribution in [-0.2, 0) is 6.42 Å². The molecule has 0 saturated heterocycles. The van der Waals surface area contributed by atoms with Gasteiger partial charge in [0, 0.05) is 23.4 Å². The van der Waals surface area contributed by atoms with Crippen molar-refractivity contribution >= 4 is 23.3 Å². The van der Waals surface area contributed by atoms with Crippen molar-refractivity contribution in [3.05, 3.63) is 39.9 Å². The molecule has 4 heteroatoms. The average molecular weight is 180 g/mol. The summed E-state index contributed by atoms with van der Waals surface area (Å²) >= 11 is 4.51. The van der Waals surface area contributed by atoms with Crippen LogP contribution in [0.15, 0.2) is 24.3 Å². The summed E-state index contributed by atoms with van der Waals surface area (Å²) in [6, 6.07) is 6.51. The summed E-state index contributed by atoms with van der Waals surface area (Å²) in [6.45, 7) is 0. The molecule has 0 aromatic heterocycles. The largest absolute Gasteiger partial charge is 0.272 e. The van der Waals surface area contributed by atoms with Crippen LogP contribution in [0, 0.1) is 10.1 Å². The highest BCUT2D eigenvalue weighted by Crippen LogP contribution is 2.17. The molecule has 1 rings (SSSR count). The van der Waals surface area contributed by atoms with E-state index >= 15 is 0 Å². The summed E-state index contributed by atoms with van der Waals surface area (Å²) in [7, 11) is 0. The summed E-state index contributed by atoms with van der Waals surface area (Å²) < 4.78 is 0. The Morgan fingerprint density at radius 1 is 1.50 bits per heavy atom. The zero-order chi connectivity index (χ0) is 8.97. The Hall–Kier alpha value is -1.29. The zero-order valence-electron chi connectivity index (χ0n) is 6.19. The average Bonchev–Trinajstić information content (AvgIpc) is 2.05. The Morgan fingerprint density at radius 3 is 2.75 bits per heavy atom. The normalized spacial score (nSPS) is 9.33. The van der Waals surface area contributed by atoms with Gasteiger partial charge >= 0.3 is 0 Å². The van der Waals surface area contributed by atoms with Gasteiger partial charge in [-0.3, -0.25) is 10.1 Å². The zero-order valence-corrected chi connectivity index (χ0v) is 7.00. The third-order valence-electron chi connectivity index (χ3n) is 1.45. The topological polar surface area (TPSA) is 43.1 Å². The van der Waals surface area contributed by atoms with E-state index in [0.29, 0.717) is 12.0 Å². The summed E-state index contributed by atoms with van der Waals surface area (Å²) in [5.41, 5.74) is 0.715. The maximum atomic E-state index is 10.4. The fourth-order valence-electron chi connectivity index (χ4n) is 0.916. The number of para-hydroxylation sites is 1. The van der Waals surface area contributed by atoms with Gasteiger partial charge in [0.2, 0.25) is 0 Å². The predicted molar refractivity (Wildman–Crippen MR) is 49.4 cm³/mol. The fourth-order valence-corrected chi connectivity index (χ4v) is 1.07. The number of nitrogens with zero attached hydrogens (tertiary/aromatic N) is 1. The molecule has 0 aliphatic carbocycles. The Morgan fingerprint density at radius 2 is 2.17 bits per heavy atom. The smallest absolute Gasteiger partial charge is 0.258 e. The molecule has 0 spiro atoms. The number of hydrogen-bond donors (Lipinski definition) is 0. The van der Waals surface area contributed by atoms with Gasteiger partial charge in [0.15, 0.2) is 0 Å². The van der Waals surface area contributed by atoms with Crippen LogP contribution in [0.25, 0.3) is 0 Å². The van der Waals surface area contributed by atoms with E-state index in [1.165, 1.54) is 6.07 Å². The molecule has 3 nitrogen and oxygen atoms in total. The SMILES string of the molecule is O=[N+]([O-])c1ccccc1C[C]=S. The molecule has 0 N–H and O–H groups in total. The molecular weight excluding hydrogens is 174 g/mol. The van der Waals surface area contributed by atoms with Crippen molar-refractivity contribution < 1.29 is 4.92 Å². The monoisotopic (exact) mass is 180 g/mol. The lowest BCUT2D eigenvalue weighted by Crippen LogP contribution is -1.94. The second-order valence-electron chi connectivity index (χ2n) is 2.21. The molecule has 1 radical (unpaired) electrons. The van der Waals surface area contributed by atoms with Crippen molar-refractivity contribution in [1.29, 1.82) is 0 Å². The van der Waals surface area contributed by atoms with Crippen molar-refractivity contribution in [2.24, 2.45) is 0 Å². The third-order valence-corrected chi connectivity index (χ3v) is 1.60. The minimum absolute atomic E-state index is 0.106. The lowest BCUT2D eigenvalue weighted by atomic mass is 10.1. The molecule has 0 fully saturated rings. The molecule has 61 valence electrons. The van der Waals surface area contributed by atoms with Gasteiger partial charge in [0.1, 0.15) is 0 Å². The molecule has 1 aromatic carbocycles. The highest BCUT2D eigenvalue weighted by Gasteiger charge is 2.09. The van der Waals surface area contributed by atoms with E-state index in [2.05, 4.69) is 17.6 Å². The fraction of sp³-hybridized carbons (Fsp3) is 0.125. The van der Waals surface area contributed by atoms with E-state index in [1.807, 2.05) is 0 Å². The first-order chi connectivity index (χ1) is 5.75. The van der Waals surface area contributed by atoms with Crippen molar-refractivity contribution in [2.75, 3.05) is 0 Å². The van der Waals surface area contributed by atoms with Gasteiger partial charge in [-0.1, -0.05) is 30.4 Å². The quantitative estimate of drug-likeness (QED) is 0.406. The van der Waals surface area contributed by atoms with Crippen LogP contribution in [-0.4, -0.2) is 10.3 Å². The number of thiocarbonyl (C=S) groups is 1. The first-order valence-electron chi connectivity index (χ1n) is 3.33. The molecule has 0 heterocycles. The number of hydrogen-bond acceptors (Lipinski definition) is 3. The summed E-state index contributed by atoms with van der Waals surface area (Å²) in [6.07, 6.45) is 0.340. The lowest BCUT2D eigenvalue weighted by molar-refractivity contribution is -0.385. The van der Waals surface area contributed by atoms with Gasteiger partial charge in [-0.05, 0) is 0 Å². The summed E-state index contributed by atoms with van der Waals surface area (Å²) in [5.74, 6) is 0. The minimum atomic E-state index is -0.415. The number of nitro groups is 1. The van der Waals surface area contributed by atoms with Gasteiger partial charge < -0.3 is 0 Å². The first kappa shape index (κ1) is 8.80. The van der Waals surface area contributed by atoms with E-state index in [4.69, 9.17) is 0 Å². The van der Waals surface area contributed by atoms with Crippen molar-refractivity contribution in [3.8, 4) is 0 Å². The van der Waals surface area contributed by atoms with Gasteiger partial charge in [-0.25, -0.2) is 0 Å². The van der Waals surface area contributed by atoms with E-state index in [-0.39, 0.29) is 5.69 Å². The van der Waals surface area contributed by atoms with E-state index in [9.17, 15) is 10.1 Å². The Balaban J connectivity index is 3.07. The van der Waals surface area contributed by atoms with Gasteiger partial charge in [-0.15, -0.1) is 0 Å². The van der Waals surface area contributed by atoms with Crippen LogP contribution < -0.4 is 0 Å². The van der Waals surface area contributed by atoms with Crippen molar-refractivity contribution in [3.63, 3.8) is 0 Å². The van der Waals surface area contributed by atoms with Crippen LogP contribution in [0.4, 0.5) is 5.69 Å². The second-order valence-corrected chi connectivity index (χ2v) is 2.50. The molecule has 0 aliphatic rings. The Bertz CT molecular complexity index is 312. The first-order valence-corrected chi connectivity index (χ1v) is 3.74. The van der Waals surface area contributed by atoms with Gasteiger partial charge in [-0.2, -0.15) is 0 Å². The molecule has 0 bridgehead atoms. The van der Waals surface area contributed by atoms with Crippen LogP contribution in [0.1, 0.15) is 5.56 Å². The summed E-state index contributed by atoms with van der Waals surface area (Å²) in [5, 5.41) is 12.9. The number of nitro benzene ring substituents is 1. The highest BCUT2D eigenvalue weighted by molar-refractivity contribution is 7.78. The molecule has 12 heavy (non-hydrogen) atoms. The Kier molecular flexibility index (Phi) is 2.88. The molecule has 0 aliphatic heterocycles. The second kappa shape index (κ2) is 3.92. The number of rotatable bonds is 3.